The number of ether oxygens (including phenoxy) is 1. The average molecular weight is 324 g/mol. The van der Waals surface area contributed by atoms with Gasteiger partial charge in [-0.15, -0.1) is 0 Å². The van der Waals surface area contributed by atoms with E-state index in [4.69, 9.17) is 21.4 Å². The Morgan fingerprint density at radius 3 is 2.86 bits per heavy atom. The Morgan fingerprint density at radius 1 is 1.41 bits per heavy atom. The van der Waals surface area contributed by atoms with E-state index in [-0.39, 0.29) is 11.5 Å². The molecule has 1 unspecified atom stereocenters. The molecule has 5 heteroatoms. The minimum atomic E-state index is -0.696. The van der Waals surface area contributed by atoms with Crippen LogP contribution in [0.25, 0.3) is 0 Å². The van der Waals surface area contributed by atoms with Crippen molar-refractivity contribution in [2.45, 2.75) is 50.8 Å². The maximum atomic E-state index is 11.0. The average Bonchev–Trinajstić information content (AvgIpc) is 2.41. The first kappa shape index (κ1) is 15.8. The topological polar surface area (TPSA) is 58.6 Å². The molecule has 1 saturated heterocycles. The van der Waals surface area contributed by atoms with Crippen molar-refractivity contribution in [2.75, 3.05) is 6.61 Å². The lowest BCUT2D eigenvalue weighted by Gasteiger charge is -2.50. The second-order valence-corrected chi connectivity index (χ2v) is 7.12. The predicted molar refractivity (Wildman–Crippen MR) is 85.1 cm³/mol. The minimum absolute atomic E-state index is 0.205. The number of rotatable bonds is 4. The highest BCUT2D eigenvalue weighted by molar-refractivity contribution is 6.30. The summed E-state index contributed by atoms with van der Waals surface area (Å²) in [5, 5.41) is 13.4. The first-order chi connectivity index (χ1) is 10.5. The van der Waals surface area contributed by atoms with Crippen molar-refractivity contribution in [2.24, 2.45) is 5.92 Å². The normalized spacial score (nSPS) is 31.0. The number of carboxylic acid groups (broad SMARTS) is 1. The summed E-state index contributed by atoms with van der Waals surface area (Å²) in [6.07, 6.45) is 3.17. The van der Waals surface area contributed by atoms with Crippen LogP contribution in [0.4, 0.5) is 0 Å². The Kier molecular flexibility index (Phi) is 4.44. The van der Waals surface area contributed by atoms with Gasteiger partial charge in [-0.05, 0) is 55.9 Å². The smallest absolute Gasteiger partial charge is 0.306 e. The molecule has 3 rings (SSSR count). The van der Waals surface area contributed by atoms with Crippen LogP contribution >= 0.6 is 11.6 Å². The van der Waals surface area contributed by atoms with Gasteiger partial charge in [-0.1, -0.05) is 17.7 Å². The van der Waals surface area contributed by atoms with Crippen LogP contribution in [0.15, 0.2) is 18.2 Å². The van der Waals surface area contributed by atoms with Crippen molar-refractivity contribution >= 4 is 17.6 Å². The van der Waals surface area contributed by atoms with Crippen molar-refractivity contribution in [3.05, 3.63) is 34.3 Å². The highest BCUT2D eigenvalue weighted by atomic mass is 35.5. The number of carboxylic acids is 1. The van der Waals surface area contributed by atoms with E-state index in [9.17, 15) is 4.79 Å². The number of benzene rings is 1. The molecule has 0 amide bonds. The van der Waals surface area contributed by atoms with Gasteiger partial charge in [-0.25, -0.2) is 0 Å². The van der Waals surface area contributed by atoms with Crippen molar-refractivity contribution in [3.8, 4) is 0 Å². The molecular weight excluding hydrogens is 302 g/mol. The fourth-order valence-electron chi connectivity index (χ4n) is 3.68. The Hall–Kier alpha value is -1.10. The molecule has 1 atom stereocenters. The Bertz CT molecular complexity index is 549. The van der Waals surface area contributed by atoms with Crippen LogP contribution in [0.5, 0.6) is 0 Å². The summed E-state index contributed by atoms with van der Waals surface area (Å²) < 4.78 is 5.88. The Morgan fingerprint density at radius 2 is 2.18 bits per heavy atom. The largest absolute Gasteiger partial charge is 0.481 e. The zero-order valence-electron chi connectivity index (χ0n) is 12.8. The van der Waals surface area contributed by atoms with E-state index in [0.717, 1.165) is 30.0 Å². The third-order valence-corrected chi connectivity index (χ3v) is 4.99. The third-order valence-electron chi connectivity index (χ3n) is 4.78. The van der Waals surface area contributed by atoms with Crippen LogP contribution in [0.2, 0.25) is 5.02 Å². The van der Waals surface area contributed by atoms with Gasteiger partial charge in [0.2, 0.25) is 0 Å². The molecule has 1 aliphatic carbocycles. The number of nitrogens with one attached hydrogen (secondary N) is 1. The molecule has 1 aromatic rings. The summed E-state index contributed by atoms with van der Waals surface area (Å²) in [6, 6.07) is 6.45. The highest BCUT2D eigenvalue weighted by Gasteiger charge is 2.50. The van der Waals surface area contributed by atoms with Crippen LogP contribution in [0.3, 0.4) is 0 Å². The SMILES string of the molecule is Cc1cc(Cl)cc(CNC2CCOC3(C2)CC(C(=O)O)C3)c1. The zero-order chi connectivity index (χ0) is 15.7. The molecule has 2 aliphatic rings. The van der Waals surface area contributed by atoms with E-state index in [0.29, 0.717) is 25.5 Å². The fraction of sp³-hybridized carbons (Fsp3) is 0.588. The second kappa shape index (κ2) is 6.19. The molecule has 1 aliphatic heterocycles. The summed E-state index contributed by atoms with van der Waals surface area (Å²) in [5.74, 6) is -0.923. The van der Waals surface area contributed by atoms with Gasteiger partial charge in [0.15, 0.2) is 0 Å². The number of hydrogen-bond acceptors (Lipinski definition) is 3. The molecule has 22 heavy (non-hydrogen) atoms. The maximum Gasteiger partial charge on any atom is 0.306 e. The second-order valence-electron chi connectivity index (χ2n) is 6.68. The predicted octanol–water partition coefficient (Wildman–Crippen LogP) is 3.15. The van der Waals surface area contributed by atoms with Crippen LogP contribution < -0.4 is 5.32 Å². The van der Waals surface area contributed by atoms with Gasteiger partial charge in [0, 0.05) is 24.2 Å². The third kappa shape index (κ3) is 3.45. The molecule has 0 aromatic heterocycles. The molecule has 2 fully saturated rings. The Labute approximate surface area is 135 Å². The lowest BCUT2D eigenvalue weighted by molar-refractivity contribution is -0.181. The maximum absolute atomic E-state index is 11.0. The van der Waals surface area contributed by atoms with Crippen LogP contribution in [0.1, 0.15) is 36.8 Å². The fourth-order valence-corrected chi connectivity index (χ4v) is 3.99. The molecule has 4 nitrogen and oxygen atoms in total. The van der Waals surface area contributed by atoms with Crippen molar-refractivity contribution in [3.63, 3.8) is 0 Å². The van der Waals surface area contributed by atoms with Gasteiger partial charge in [0.25, 0.3) is 0 Å². The first-order valence-corrected chi connectivity index (χ1v) is 8.20. The van der Waals surface area contributed by atoms with Gasteiger partial charge in [0.05, 0.1) is 11.5 Å². The van der Waals surface area contributed by atoms with Gasteiger partial charge in [-0.2, -0.15) is 0 Å². The highest BCUT2D eigenvalue weighted by Crippen LogP contribution is 2.46. The minimum Gasteiger partial charge on any atom is -0.481 e. The van der Waals surface area contributed by atoms with Crippen LogP contribution in [-0.2, 0) is 16.1 Å². The standard InChI is InChI=1S/C17H22ClNO3/c1-11-4-12(6-14(18)5-11)10-19-15-2-3-22-17(9-15)7-13(8-17)16(20)21/h4-6,13,15,19H,2-3,7-10H2,1H3,(H,20,21). The molecule has 1 aromatic carbocycles. The summed E-state index contributed by atoms with van der Waals surface area (Å²) in [7, 11) is 0. The van der Waals surface area contributed by atoms with Gasteiger partial charge in [-0.3, -0.25) is 4.79 Å². The molecular formula is C17H22ClNO3. The lowest BCUT2D eigenvalue weighted by Crippen LogP contribution is -2.55. The van der Waals surface area contributed by atoms with Gasteiger partial charge >= 0.3 is 5.97 Å². The Balaban J connectivity index is 1.54. The molecule has 120 valence electrons. The number of halogens is 1. The number of aryl methyl sites for hydroxylation is 1. The summed E-state index contributed by atoms with van der Waals surface area (Å²) in [5.41, 5.74) is 2.14. The first-order valence-electron chi connectivity index (χ1n) is 7.82. The van der Waals surface area contributed by atoms with E-state index in [1.54, 1.807) is 0 Å². The molecule has 2 N–H and O–H groups in total. The molecule has 1 saturated carbocycles. The van der Waals surface area contributed by atoms with Crippen molar-refractivity contribution < 1.29 is 14.6 Å². The number of carbonyl (C=O) groups is 1. The number of aliphatic carboxylic acids is 1. The quantitative estimate of drug-likeness (QED) is 0.893. The van der Waals surface area contributed by atoms with Crippen LogP contribution in [0, 0.1) is 12.8 Å². The van der Waals surface area contributed by atoms with Gasteiger partial charge < -0.3 is 15.2 Å². The van der Waals surface area contributed by atoms with Crippen molar-refractivity contribution in [1.82, 2.24) is 5.32 Å². The molecule has 0 bridgehead atoms. The summed E-state index contributed by atoms with van der Waals surface area (Å²) in [4.78, 5) is 11.0. The molecule has 1 heterocycles. The lowest BCUT2D eigenvalue weighted by atomic mass is 9.66. The summed E-state index contributed by atoms with van der Waals surface area (Å²) >= 11 is 6.09. The molecule has 1 spiro atoms. The van der Waals surface area contributed by atoms with Crippen molar-refractivity contribution in [1.29, 1.82) is 0 Å². The van der Waals surface area contributed by atoms with Crippen LogP contribution in [-0.4, -0.2) is 29.3 Å². The van der Waals surface area contributed by atoms with E-state index < -0.39 is 5.97 Å². The van der Waals surface area contributed by atoms with Gasteiger partial charge in [0.1, 0.15) is 0 Å². The zero-order valence-corrected chi connectivity index (χ0v) is 13.5. The van der Waals surface area contributed by atoms with E-state index in [1.807, 2.05) is 19.1 Å². The van der Waals surface area contributed by atoms with E-state index in [2.05, 4.69) is 11.4 Å². The monoisotopic (exact) mass is 323 g/mol. The van der Waals surface area contributed by atoms with E-state index >= 15 is 0 Å². The molecule has 0 radical (unpaired) electrons. The van der Waals surface area contributed by atoms with E-state index in [1.165, 1.54) is 5.56 Å². The summed E-state index contributed by atoms with van der Waals surface area (Å²) in [6.45, 7) is 3.53. The number of hydrogen-bond donors (Lipinski definition) is 2.